The van der Waals surface area contributed by atoms with Crippen molar-refractivity contribution in [1.29, 1.82) is 0 Å². The highest BCUT2D eigenvalue weighted by Crippen LogP contribution is 2.27. The van der Waals surface area contributed by atoms with Crippen LogP contribution in [0.1, 0.15) is 11.1 Å². The highest BCUT2D eigenvalue weighted by Gasteiger charge is 2.24. The van der Waals surface area contributed by atoms with E-state index >= 15 is 0 Å². The number of nitro groups is 1. The Bertz CT molecular complexity index is 924. The number of nitro benzene ring substituents is 1. The molecule has 8 heteroatoms. The van der Waals surface area contributed by atoms with Crippen LogP contribution in [0, 0.1) is 10.1 Å². The zero-order chi connectivity index (χ0) is 17.3. The molecule has 0 spiro atoms. The third-order valence-electron chi connectivity index (χ3n) is 3.16. The van der Waals surface area contributed by atoms with Crippen molar-refractivity contribution in [3.8, 4) is 0 Å². The van der Waals surface area contributed by atoms with Crippen molar-refractivity contribution in [3.63, 3.8) is 0 Å². The average Bonchev–Trinajstić information content (AvgIpc) is 2.90. The lowest BCUT2D eigenvalue weighted by molar-refractivity contribution is -0.385. The monoisotopic (exact) mass is 406 g/mol. The van der Waals surface area contributed by atoms with E-state index < -0.39 is 10.9 Å². The predicted octanol–water partition coefficient (Wildman–Crippen LogP) is 4.36. The Morgan fingerprint density at radius 1 is 1.25 bits per heavy atom. The minimum Gasteiger partial charge on any atom is -0.402 e. The molecule has 0 bridgehead atoms. The molecule has 0 saturated carbocycles. The van der Waals surface area contributed by atoms with Gasteiger partial charge in [-0.15, -0.1) is 0 Å². The maximum absolute atomic E-state index is 12.0. The number of cyclic esters (lactones) is 1. The molecule has 0 unspecified atom stereocenters. The van der Waals surface area contributed by atoms with Crippen LogP contribution in [0.4, 0.5) is 5.69 Å². The van der Waals surface area contributed by atoms with E-state index in [0.29, 0.717) is 20.6 Å². The number of nitrogens with zero attached hydrogens (tertiary/aromatic N) is 2. The molecule has 0 aliphatic carbocycles. The summed E-state index contributed by atoms with van der Waals surface area (Å²) in [6.07, 6.45) is 1.43. The summed E-state index contributed by atoms with van der Waals surface area (Å²) in [7, 11) is 0. The Morgan fingerprint density at radius 3 is 2.75 bits per heavy atom. The lowest BCUT2D eigenvalue weighted by Crippen LogP contribution is -2.05. The van der Waals surface area contributed by atoms with E-state index in [0.717, 1.165) is 0 Å². The van der Waals surface area contributed by atoms with Crippen LogP contribution < -0.4 is 0 Å². The number of hydrogen-bond donors (Lipinski definition) is 0. The number of ether oxygens (including phenoxy) is 1. The lowest BCUT2D eigenvalue weighted by atomic mass is 10.1. The van der Waals surface area contributed by atoms with Gasteiger partial charge < -0.3 is 4.74 Å². The molecule has 120 valence electrons. The molecule has 24 heavy (non-hydrogen) atoms. The molecule has 3 rings (SSSR count). The molecular formula is C16H8BrClN2O4. The summed E-state index contributed by atoms with van der Waals surface area (Å²) < 4.78 is 5.48. The molecule has 0 radical (unpaired) electrons. The van der Waals surface area contributed by atoms with Crippen LogP contribution in [-0.4, -0.2) is 16.8 Å². The van der Waals surface area contributed by atoms with Crippen molar-refractivity contribution >= 4 is 51.2 Å². The fraction of sp³-hybridized carbons (Fsp3) is 0. The molecule has 2 aromatic carbocycles. The highest BCUT2D eigenvalue weighted by molar-refractivity contribution is 9.10. The van der Waals surface area contributed by atoms with Gasteiger partial charge in [0.1, 0.15) is 0 Å². The van der Waals surface area contributed by atoms with Crippen LogP contribution in [0.25, 0.3) is 6.08 Å². The Labute approximate surface area is 149 Å². The molecule has 0 N–H and O–H groups in total. The number of hydrogen-bond acceptors (Lipinski definition) is 5. The summed E-state index contributed by atoms with van der Waals surface area (Å²) in [5, 5.41) is 11.5. The van der Waals surface area contributed by atoms with E-state index in [1.54, 1.807) is 30.3 Å². The summed E-state index contributed by atoms with van der Waals surface area (Å²) in [6, 6.07) is 11.3. The summed E-state index contributed by atoms with van der Waals surface area (Å²) >= 11 is 9.02. The lowest BCUT2D eigenvalue weighted by Gasteiger charge is -1.99. The normalized spacial score (nSPS) is 15.3. The Hall–Kier alpha value is -2.51. The summed E-state index contributed by atoms with van der Waals surface area (Å²) in [5.74, 6) is -0.490. The van der Waals surface area contributed by atoms with E-state index in [-0.39, 0.29) is 17.3 Å². The second-order valence-corrected chi connectivity index (χ2v) is 6.11. The summed E-state index contributed by atoms with van der Waals surface area (Å²) in [5.41, 5.74) is 0.991. The van der Waals surface area contributed by atoms with Gasteiger partial charge in [0.15, 0.2) is 5.70 Å². The van der Waals surface area contributed by atoms with E-state index in [9.17, 15) is 14.9 Å². The number of aliphatic imine (C=N–C) groups is 1. The quantitative estimate of drug-likeness (QED) is 0.328. The topological polar surface area (TPSA) is 81.8 Å². The van der Waals surface area contributed by atoms with Crippen LogP contribution in [-0.2, 0) is 9.53 Å². The fourth-order valence-corrected chi connectivity index (χ4v) is 2.65. The fourth-order valence-electron chi connectivity index (χ4n) is 2.07. The van der Waals surface area contributed by atoms with E-state index in [4.69, 9.17) is 16.3 Å². The van der Waals surface area contributed by atoms with Gasteiger partial charge >= 0.3 is 5.97 Å². The van der Waals surface area contributed by atoms with Gasteiger partial charge in [-0.2, -0.15) is 0 Å². The molecule has 2 aromatic rings. The van der Waals surface area contributed by atoms with Gasteiger partial charge in [-0.3, -0.25) is 10.1 Å². The van der Waals surface area contributed by atoms with Crippen molar-refractivity contribution in [2.45, 2.75) is 0 Å². The first-order valence-electron chi connectivity index (χ1n) is 6.66. The number of benzene rings is 2. The molecule has 0 amide bonds. The maximum Gasteiger partial charge on any atom is 0.363 e. The molecule has 0 fully saturated rings. The SMILES string of the molecule is O=C1OC(c2cccc(Cl)c2)=N/C1=C\c1ccc(Br)c([N+](=O)[O-])c1. The minimum atomic E-state index is -0.629. The second-order valence-electron chi connectivity index (χ2n) is 4.81. The van der Waals surface area contributed by atoms with Crippen LogP contribution in [0.15, 0.2) is 57.6 Å². The predicted molar refractivity (Wildman–Crippen MR) is 92.9 cm³/mol. The number of carbonyl (C=O) groups is 1. The molecule has 1 heterocycles. The van der Waals surface area contributed by atoms with Crippen LogP contribution >= 0.6 is 27.5 Å². The minimum absolute atomic E-state index is 0.0570. The third-order valence-corrected chi connectivity index (χ3v) is 4.07. The van der Waals surface area contributed by atoms with Gasteiger partial charge in [0.25, 0.3) is 5.69 Å². The molecular weight excluding hydrogens is 400 g/mol. The van der Waals surface area contributed by atoms with Crippen LogP contribution in [0.3, 0.4) is 0 Å². The largest absolute Gasteiger partial charge is 0.402 e. The van der Waals surface area contributed by atoms with E-state index in [1.807, 2.05) is 0 Å². The van der Waals surface area contributed by atoms with Crippen molar-refractivity contribution in [3.05, 3.63) is 78.9 Å². The molecule has 0 atom stereocenters. The molecule has 6 nitrogen and oxygen atoms in total. The van der Waals surface area contributed by atoms with Gasteiger partial charge in [0.2, 0.25) is 5.90 Å². The van der Waals surface area contributed by atoms with Gasteiger partial charge in [-0.1, -0.05) is 23.7 Å². The summed E-state index contributed by atoms with van der Waals surface area (Å²) in [4.78, 5) is 26.5. The van der Waals surface area contributed by atoms with Gasteiger partial charge in [0.05, 0.1) is 9.40 Å². The van der Waals surface area contributed by atoms with Gasteiger partial charge in [-0.05, 0) is 51.8 Å². The molecule has 1 aliphatic heterocycles. The smallest absolute Gasteiger partial charge is 0.363 e. The number of halogens is 2. The first-order chi connectivity index (χ1) is 11.4. The van der Waals surface area contributed by atoms with Crippen molar-refractivity contribution in [2.75, 3.05) is 0 Å². The third kappa shape index (κ3) is 3.37. The van der Waals surface area contributed by atoms with Crippen molar-refractivity contribution < 1.29 is 14.5 Å². The Morgan fingerprint density at radius 2 is 2.04 bits per heavy atom. The second kappa shape index (κ2) is 6.54. The first-order valence-corrected chi connectivity index (χ1v) is 7.83. The zero-order valence-corrected chi connectivity index (χ0v) is 14.2. The zero-order valence-electron chi connectivity index (χ0n) is 11.9. The highest BCUT2D eigenvalue weighted by atomic mass is 79.9. The van der Waals surface area contributed by atoms with Gasteiger partial charge in [-0.25, -0.2) is 9.79 Å². The molecule has 0 aromatic heterocycles. The van der Waals surface area contributed by atoms with Crippen molar-refractivity contribution in [2.24, 2.45) is 4.99 Å². The average molecular weight is 408 g/mol. The number of carbonyl (C=O) groups excluding carboxylic acids is 1. The van der Waals surface area contributed by atoms with Gasteiger partial charge in [0, 0.05) is 16.7 Å². The Balaban J connectivity index is 1.97. The molecule has 0 saturated heterocycles. The molecule has 1 aliphatic rings. The van der Waals surface area contributed by atoms with Crippen LogP contribution in [0.5, 0.6) is 0 Å². The van der Waals surface area contributed by atoms with Crippen LogP contribution in [0.2, 0.25) is 5.02 Å². The Kier molecular flexibility index (Phi) is 4.46. The first kappa shape index (κ1) is 16.4. The van der Waals surface area contributed by atoms with Crippen molar-refractivity contribution in [1.82, 2.24) is 0 Å². The maximum atomic E-state index is 12.0. The standard InChI is InChI=1S/C16H8BrClN2O4/c17-12-5-4-9(7-14(12)20(22)23)6-13-16(21)24-15(19-13)10-2-1-3-11(18)8-10/h1-8H/b13-6-. The summed E-state index contributed by atoms with van der Waals surface area (Å²) in [6.45, 7) is 0. The van der Waals surface area contributed by atoms with E-state index in [2.05, 4.69) is 20.9 Å². The van der Waals surface area contributed by atoms with E-state index in [1.165, 1.54) is 18.2 Å². The number of rotatable bonds is 3. The number of esters is 1.